The first-order valence-corrected chi connectivity index (χ1v) is 10.2. The minimum absolute atomic E-state index is 0.113. The molecule has 0 aliphatic carbocycles. The minimum atomic E-state index is -0.179. The number of carbonyl (C=O) groups is 1. The monoisotopic (exact) mass is 404 g/mol. The fourth-order valence-electron chi connectivity index (χ4n) is 3.06. The van der Waals surface area contributed by atoms with Crippen LogP contribution in [0.2, 0.25) is 0 Å². The normalized spacial score (nSPS) is 10.9. The van der Waals surface area contributed by atoms with Gasteiger partial charge in [-0.05, 0) is 30.7 Å². The van der Waals surface area contributed by atoms with Gasteiger partial charge in [-0.1, -0.05) is 60.3 Å². The van der Waals surface area contributed by atoms with E-state index in [1.807, 2.05) is 73.7 Å². The van der Waals surface area contributed by atoms with Crippen molar-refractivity contribution in [2.24, 2.45) is 0 Å². The highest BCUT2D eigenvalue weighted by Gasteiger charge is 2.16. The van der Waals surface area contributed by atoms with Crippen molar-refractivity contribution in [1.82, 2.24) is 19.9 Å². The molecule has 0 saturated carbocycles. The summed E-state index contributed by atoms with van der Waals surface area (Å²) in [6, 6.07) is 20.9. The Hall–Kier alpha value is -3.32. The van der Waals surface area contributed by atoms with Gasteiger partial charge in [0.2, 0.25) is 5.91 Å². The molecule has 0 aliphatic rings. The summed E-state index contributed by atoms with van der Waals surface area (Å²) in [5.41, 5.74) is 3.50. The van der Waals surface area contributed by atoms with E-state index in [0.29, 0.717) is 28.4 Å². The lowest BCUT2D eigenvalue weighted by atomic mass is 10.2. The van der Waals surface area contributed by atoms with Crippen molar-refractivity contribution in [2.75, 3.05) is 5.75 Å². The third-order valence-electron chi connectivity index (χ3n) is 4.44. The van der Waals surface area contributed by atoms with Gasteiger partial charge in [-0.25, -0.2) is 4.98 Å². The third-order valence-corrected chi connectivity index (χ3v) is 5.37. The van der Waals surface area contributed by atoms with Crippen LogP contribution in [0, 0.1) is 6.92 Å². The van der Waals surface area contributed by atoms with E-state index in [1.54, 1.807) is 4.57 Å². The molecule has 6 nitrogen and oxygen atoms in total. The molecule has 7 heteroatoms. The molecule has 0 fully saturated rings. The van der Waals surface area contributed by atoms with Crippen molar-refractivity contribution in [3.05, 3.63) is 88.3 Å². The molecule has 0 atom stereocenters. The molecule has 29 heavy (non-hydrogen) atoms. The Morgan fingerprint density at radius 1 is 1.10 bits per heavy atom. The van der Waals surface area contributed by atoms with E-state index in [1.165, 1.54) is 11.8 Å². The number of hydrogen-bond donors (Lipinski definition) is 2. The van der Waals surface area contributed by atoms with Crippen LogP contribution < -0.4 is 10.9 Å². The van der Waals surface area contributed by atoms with Crippen LogP contribution in [0.25, 0.3) is 16.7 Å². The second-order valence-corrected chi connectivity index (χ2v) is 7.58. The summed E-state index contributed by atoms with van der Waals surface area (Å²) in [6.07, 6.45) is 0. The number of aromatic amines is 1. The lowest BCUT2D eigenvalue weighted by molar-refractivity contribution is -0.118. The van der Waals surface area contributed by atoms with Crippen LogP contribution in [0.5, 0.6) is 0 Å². The van der Waals surface area contributed by atoms with Crippen molar-refractivity contribution in [1.29, 1.82) is 0 Å². The number of nitrogens with zero attached hydrogens (tertiary/aromatic N) is 2. The van der Waals surface area contributed by atoms with Gasteiger partial charge in [-0.3, -0.25) is 14.2 Å². The molecule has 4 rings (SSSR count). The topological polar surface area (TPSA) is 79.8 Å². The van der Waals surface area contributed by atoms with Crippen LogP contribution in [0.3, 0.4) is 0 Å². The number of nitrogens with one attached hydrogen (secondary N) is 2. The zero-order valence-electron chi connectivity index (χ0n) is 15.9. The molecule has 0 spiro atoms. The summed E-state index contributed by atoms with van der Waals surface area (Å²) in [6.45, 7) is 2.35. The van der Waals surface area contributed by atoms with Gasteiger partial charge >= 0.3 is 0 Å². The van der Waals surface area contributed by atoms with E-state index >= 15 is 0 Å². The van der Waals surface area contributed by atoms with E-state index in [9.17, 15) is 9.59 Å². The van der Waals surface area contributed by atoms with E-state index in [0.717, 1.165) is 11.3 Å². The number of H-pyrrole nitrogens is 1. The molecule has 0 saturated heterocycles. The van der Waals surface area contributed by atoms with Gasteiger partial charge in [0.25, 0.3) is 5.56 Å². The number of fused-ring (bicyclic) bond motifs is 1. The van der Waals surface area contributed by atoms with E-state index in [-0.39, 0.29) is 17.2 Å². The summed E-state index contributed by atoms with van der Waals surface area (Å²) >= 11 is 1.25. The number of para-hydroxylation sites is 1. The minimum Gasteiger partial charge on any atom is -0.353 e. The van der Waals surface area contributed by atoms with Gasteiger partial charge in [0.15, 0.2) is 5.16 Å². The molecular weight excluding hydrogens is 384 g/mol. The van der Waals surface area contributed by atoms with Crippen LogP contribution in [-0.2, 0) is 11.3 Å². The second kappa shape index (κ2) is 8.36. The highest BCUT2D eigenvalue weighted by atomic mass is 32.2. The molecule has 2 aromatic heterocycles. The largest absolute Gasteiger partial charge is 0.353 e. The predicted molar refractivity (Wildman–Crippen MR) is 115 cm³/mol. The van der Waals surface area contributed by atoms with Crippen molar-refractivity contribution >= 4 is 28.7 Å². The van der Waals surface area contributed by atoms with Crippen molar-refractivity contribution in [3.8, 4) is 5.69 Å². The Labute approximate surface area is 172 Å². The number of benzene rings is 2. The zero-order valence-corrected chi connectivity index (χ0v) is 16.7. The Morgan fingerprint density at radius 3 is 2.52 bits per heavy atom. The Balaban J connectivity index is 1.59. The fraction of sp³-hybridized carbons (Fsp3) is 0.136. The predicted octanol–water partition coefficient (Wildman–Crippen LogP) is 3.43. The van der Waals surface area contributed by atoms with Gasteiger partial charge < -0.3 is 10.3 Å². The summed E-state index contributed by atoms with van der Waals surface area (Å²) in [5.74, 6) is 0.0548. The molecule has 0 unspecified atom stereocenters. The Morgan fingerprint density at radius 2 is 1.79 bits per heavy atom. The van der Waals surface area contributed by atoms with Crippen LogP contribution in [-0.4, -0.2) is 26.2 Å². The molecule has 2 heterocycles. The Kier molecular flexibility index (Phi) is 5.48. The van der Waals surface area contributed by atoms with Crippen LogP contribution >= 0.6 is 11.8 Å². The quantitative estimate of drug-likeness (QED) is 0.381. The van der Waals surface area contributed by atoms with E-state index < -0.39 is 0 Å². The maximum Gasteiger partial charge on any atom is 0.283 e. The molecule has 0 bridgehead atoms. The van der Waals surface area contributed by atoms with E-state index in [4.69, 9.17) is 0 Å². The number of thioether (sulfide) groups is 1. The highest BCUT2D eigenvalue weighted by molar-refractivity contribution is 7.99. The number of hydrogen-bond acceptors (Lipinski definition) is 4. The number of aryl methyl sites for hydroxylation is 1. The summed E-state index contributed by atoms with van der Waals surface area (Å²) < 4.78 is 1.55. The van der Waals surface area contributed by atoms with Crippen LogP contribution in [0.1, 0.15) is 11.3 Å². The first kappa shape index (κ1) is 19.0. The van der Waals surface area contributed by atoms with Gasteiger partial charge in [0.05, 0.1) is 17.0 Å². The van der Waals surface area contributed by atoms with Gasteiger partial charge in [-0.2, -0.15) is 0 Å². The molecule has 2 N–H and O–H groups in total. The third kappa shape index (κ3) is 4.25. The first-order valence-electron chi connectivity index (χ1n) is 9.23. The Bertz CT molecular complexity index is 1200. The zero-order chi connectivity index (χ0) is 20.2. The van der Waals surface area contributed by atoms with Gasteiger partial charge in [0.1, 0.15) is 5.52 Å². The fourth-order valence-corrected chi connectivity index (χ4v) is 3.90. The SMILES string of the molecule is Cc1cc2nc(SCC(=O)NCc3ccccc3)n(-c3ccccc3)c(=O)c2[nH]1. The average Bonchev–Trinajstić information content (AvgIpc) is 3.13. The molecule has 0 radical (unpaired) electrons. The smallest absolute Gasteiger partial charge is 0.283 e. The maximum atomic E-state index is 13.1. The maximum absolute atomic E-state index is 13.1. The van der Waals surface area contributed by atoms with Crippen molar-refractivity contribution in [2.45, 2.75) is 18.6 Å². The summed E-state index contributed by atoms with van der Waals surface area (Å²) in [5, 5.41) is 3.39. The summed E-state index contributed by atoms with van der Waals surface area (Å²) in [7, 11) is 0. The standard InChI is InChI=1S/C22H20N4O2S/c1-15-12-18-20(24-15)21(28)26(17-10-6-3-7-11-17)22(25-18)29-14-19(27)23-13-16-8-4-2-5-9-16/h2-12,24H,13-14H2,1H3,(H,23,27). The molecule has 0 aliphatic heterocycles. The average molecular weight is 404 g/mol. The number of rotatable bonds is 6. The van der Waals surface area contributed by atoms with Gasteiger partial charge in [0, 0.05) is 12.2 Å². The second-order valence-electron chi connectivity index (χ2n) is 6.63. The van der Waals surface area contributed by atoms with Crippen LogP contribution in [0.15, 0.2) is 76.7 Å². The molecule has 4 aromatic rings. The van der Waals surface area contributed by atoms with Crippen LogP contribution in [0.4, 0.5) is 0 Å². The summed E-state index contributed by atoms with van der Waals surface area (Å²) in [4.78, 5) is 33.2. The molecule has 146 valence electrons. The van der Waals surface area contributed by atoms with Crippen molar-refractivity contribution in [3.63, 3.8) is 0 Å². The van der Waals surface area contributed by atoms with Gasteiger partial charge in [-0.15, -0.1) is 0 Å². The van der Waals surface area contributed by atoms with Crippen molar-refractivity contribution < 1.29 is 4.79 Å². The first-order chi connectivity index (χ1) is 14.1. The molecular formula is C22H20N4O2S. The van der Waals surface area contributed by atoms with E-state index in [2.05, 4.69) is 15.3 Å². The highest BCUT2D eigenvalue weighted by Crippen LogP contribution is 2.21. The lowest BCUT2D eigenvalue weighted by Gasteiger charge is -2.12. The molecule has 1 amide bonds. The number of amides is 1. The molecule has 2 aromatic carbocycles. The number of aromatic nitrogens is 3. The lowest BCUT2D eigenvalue weighted by Crippen LogP contribution is -2.26. The number of carbonyl (C=O) groups excluding carboxylic acids is 1.